The van der Waals surface area contributed by atoms with E-state index in [9.17, 15) is 4.79 Å². The third-order valence-electron chi connectivity index (χ3n) is 2.82. The van der Waals surface area contributed by atoms with Crippen LogP contribution in [0.4, 0.5) is 0 Å². The summed E-state index contributed by atoms with van der Waals surface area (Å²) >= 11 is 0. The monoisotopic (exact) mass is 224 g/mol. The molecule has 0 aromatic carbocycles. The van der Waals surface area contributed by atoms with Gasteiger partial charge < -0.3 is 9.64 Å². The van der Waals surface area contributed by atoms with Gasteiger partial charge in [0, 0.05) is 6.54 Å². The van der Waals surface area contributed by atoms with Gasteiger partial charge in [0.05, 0.1) is 18.8 Å². The lowest BCUT2D eigenvalue weighted by atomic mass is 10.1. The molecule has 0 bridgehead atoms. The van der Waals surface area contributed by atoms with Crippen LogP contribution >= 0.6 is 0 Å². The Morgan fingerprint density at radius 1 is 1.75 bits per heavy atom. The maximum Gasteiger partial charge on any atom is 0.291 e. The van der Waals surface area contributed by atoms with E-state index in [-0.39, 0.29) is 18.1 Å². The Hall–Kier alpha value is -1.43. The number of hydrogen-bond acceptors (Lipinski definition) is 4. The van der Waals surface area contributed by atoms with E-state index in [1.807, 2.05) is 18.7 Å². The van der Waals surface area contributed by atoms with Crippen LogP contribution in [-0.4, -0.2) is 51.3 Å². The SMILES string of the molecule is CCC1COC(C)CN1C(=O)c1ncn[nH]1. The minimum atomic E-state index is -0.0977. The Balaban J connectivity index is 2.13. The zero-order chi connectivity index (χ0) is 11.5. The molecule has 0 spiro atoms. The van der Waals surface area contributed by atoms with E-state index < -0.39 is 0 Å². The number of H-pyrrole nitrogens is 1. The molecule has 1 amide bonds. The van der Waals surface area contributed by atoms with E-state index in [4.69, 9.17) is 4.74 Å². The molecule has 1 fully saturated rings. The standard InChI is InChI=1S/C10H16N4O2/c1-3-8-5-16-7(2)4-14(8)10(15)9-11-6-12-13-9/h6-8H,3-5H2,1-2H3,(H,11,12,13). The van der Waals surface area contributed by atoms with Crippen molar-refractivity contribution in [1.29, 1.82) is 0 Å². The van der Waals surface area contributed by atoms with Gasteiger partial charge >= 0.3 is 0 Å². The van der Waals surface area contributed by atoms with Crippen molar-refractivity contribution in [3.8, 4) is 0 Å². The highest BCUT2D eigenvalue weighted by Crippen LogP contribution is 2.16. The van der Waals surface area contributed by atoms with Crippen molar-refractivity contribution < 1.29 is 9.53 Å². The average molecular weight is 224 g/mol. The van der Waals surface area contributed by atoms with Gasteiger partial charge in [-0.05, 0) is 13.3 Å². The predicted molar refractivity (Wildman–Crippen MR) is 56.9 cm³/mol. The van der Waals surface area contributed by atoms with Crippen LogP contribution < -0.4 is 0 Å². The number of nitrogens with one attached hydrogen (secondary N) is 1. The van der Waals surface area contributed by atoms with E-state index in [0.717, 1.165) is 6.42 Å². The number of aromatic nitrogens is 3. The summed E-state index contributed by atoms with van der Waals surface area (Å²) < 4.78 is 5.54. The second kappa shape index (κ2) is 4.61. The van der Waals surface area contributed by atoms with Gasteiger partial charge in [-0.3, -0.25) is 9.89 Å². The summed E-state index contributed by atoms with van der Waals surface area (Å²) in [6.45, 7) is 5.22. The summed E-state index contributed by atoms with van der Waals surface area (Å²) in [5.41, 5.74) is 0. The number of aromatic amines is 1. The first-order valence-corrected chi connectivity index (χ1v) is 5.50. The van der Waals surface area contributed by atoms with Crippen LogP contribution in [0.1, 0.15) is 30.9 Å². The fraction of sp³-hybridized carbons (Fsp3) is 0.700. The number of ether oxygens (including phenoxy) is 1. The molecule has 2 unspecified atom stereocenters. The average Bonchev–Trinajstić information content (AvgIpc) is 2.81. The molecule has 1 aromatic rings. The van der Waals surface area contributed by atoms with Crippen LogP contribution in [0.2, 0.25) is 0 Å². The smallest absolute Gasteiger partial charge is 0.291 e. The fourth-order valence-electron chi connectivity index (χ4n) is 1.88. The molecule has 1 aromatic heterocycles. The van der Waals surface area contributed by atoms with Crippen molar-refractivity contribution >= 4 is 5.91 Å². The molecule has 2 heterocycles. The second-order valence-electron chi connectivity index (χ2n) is 4.00. The number of carbonyl (C=O) groups is 1. The number of amides is 1. The third-order valence-corrected chi connectivity index (χ3v) is 2.82. The summed E-state index contributed by atoms with van der Waals surface area (Å²) in [7, 11) is 0. The van der Waals surface area contributed by atoms with Gasteiger partial charge in [0.15, 0.2) is 0 Å². The number of hydrogen-bond donors (Lipinski definition) is 1. The molecule has 6 nitrogen and oxygen atoms in total. The lowest BCUT2D eigenvalue weighted by Gasteiger charge is -2.37. The van der Waals surface area contributed by atoms with Crippen molar-refractivity contribution in [3.63, 3.8) is 0 Å². The first kappa shape index (κ1) is 11.1. The maximum absolute atomic E-state index is 12.1. The molecule has 1 saturated heterocycles. The highest BCUT2D eigenvalue weighted by molar-refractivity contribution is 5.90. The van der Waals surface area contributed by atoms with Crippen molar-refractivity contribution in [1.82, 2.24) is 20.1 Å². The van der Waals surface area contributed by atoms with Gasteiger partial charge in [-0.25, -0.2) is 4.98 Å². The Labute approximate surface area is 94.0 Å². The first-order valence-electron chi connectivity index (χ1n) is 5.50. The summed E-state index contributed by atoms with van der Waals surface area (Å²) in [5, 5.41) is 6.29. The zero-order valence-corrected chi connectivity index (χ0v) is 9.51. The fourth-order valence-corrected chi connectivity index (χ4v) is 1.88. The van der Waals surface area contributed by atoms with Gasteiger partial charge in [-0.1, -0.05) is 6.92 Å². The van der Waals surface area contributed by atoms with Gasteiger partial charge in [-0.2, -0.15) is 5.10 Å². The molecule has 16 heavy (non-hydrogen) atoms. The van der Waals surface area contributed by atoms with Gasteiger partial charge in [-0.15, -0.1) is 0 Å². The lowest BCUT2D eigenvalue weighted by Crippen LogP contribution is -2.51. The lowest BCUT2D eigenvalue weighted by molar-refractivity contribution is -0.0447. The van der Waals surface area contributed by atoms with E-state index in [2.05, 4.69) is 15.2 Å². The highest BCUT2D eigenvalue weighted by Gasteiger charge is 2.31. The van der Waals surface area contributed by atoms with Crippen LogP contribution in [0.3, 0.4) is 0 Å². The number of carbonyl (C=O) groups excluding carboxylic acids is 1. The van der Waals surface area contributed by atoms with Crippen molar-refractivity contribution in [2.24, 2.45) is 0 Å². The molecule has 0 saturated carbocycles. The summed E-state index contributed by atoms with van der Waals surface area (Å²) in [4.78, 5) is 17.8. The van der Waals surface area contributed by atoms with Gasteiger partial charge in [0.2, 0.25) is 5.82 Å². The van der Waals surface area contributed by atoms with E-state index in [1.54, 1.807) is 0 Å². The van der Waals surface area contributed by atoms with Crippen LogP contribution in [-0.2, 0) is 4.74 Å². The quantitative estimate of drug-likeness (QED) is 0.791. The number of nitrogens with zero attached hydrogens (tertiary/aromatic N) is 3. The molecule has 1 aliphatic rings. The number of morpholine rings is 1. The zero-order valence-electron chi connectivity index (χ0n) is 9.51. The molecule has 0 radical (unpaired) electrons. The minimum Gasteiger partial charge on any atom is -0.375 e. The molecular formula is C10H16N4O2. The largest absolute Gasteiger partial charge is 0.375 e. The van der Waals surface area contributed by atoms with Crippen LogP contribution in [0, 0.1) is 0 Å². The third kappa shape index (κ3) is 2.06. The van der Waals surface area contributed by atoms with Gasteiger partial charge in [0.25, 0.3) is 5.91 Å². The summed E-state index contributed by atoms with van der Waals surface area (Å²) in [6.07, 6.45) is 2.31. The first-order chi connectivity index (χ1) is 7.72. The van der Waals surface area contributed by atoms with Crippen LogP contribution in [0.25, 0.3) is 0 Å². The Morgan fingerprint density at radius 3 is 3.19 bits per heavy atom. The minimum absolute atomic E-state index is 0.0784. The van der Waals surface area contributed by atoms with Crippen molar-refractivity contribution in [2.75, 3.05) is 13.2 Å². The summed E-state index contributed by atoms with van der Waals surface area (Å²) in [6, 6.07) is 0.133. The molecule has 6 heteroatoms. The Bertz CT molecular complexity index is 352. The second-order valence-corrected chi connectivity index (χ2v) is 4.00. The predicted octanol–water partition coefficient (Wildman–Crippen LogP) is 0.444. The van der Waals surface area contributed by atoms with Gasteiger partial charge in [0.1, 0.15) is 6.33 Å². The molecule has 2 atom stereocenters. The van der Waals surface area contributed by atoms with Crippen LogP contribution in [0.15, 0.2) is 6.33 Å². The molecule has 1 aliphatic heterocycles. The molecule has 0 aliphatic carbocycles. The number of rotatable bonds is 2. The summed E-state index contributed by atoms with van der Waals surface area (Å²) in [5.74, 6) is 0.201. The molecule has 1 N–H and O–H groups in total. The van der Waals surface area contributed by atoms with E-state index in [1.165, 1.54) is 6.33 Å². The molecular weight excluding hydrogens is 208 g/mol. The Morgan fingerprint density at radius 2 is 2.56 bits per heavy atom. The van der Waals surface area contributed by atoms with Crippen molar-refractivity contribution in [2.45, 2.75) is 32.4 Å². The molecule has 2 rings (SSSR count). The van der Waals surface area contributed by atoms with Crippen LogP contribution in [0.5, 0.6) is 0 Å². The van der Waals surface area contributed by atoms with Crippen molar-refractivity contribution in [3.05, 3.63) is 12.2 Å². The normalized spacial score (nSPS) is 25.8. The van der Waals surface area contributed by atoms with E-state index >= 15 is 0 Å². The Kier molecular flexibility index (Phi) is 3.19. The highest BCUT2D eigenvalue weighted by atomic mass is 16.5. The van der Waals surface area contributed by atoms with E-state index in [0.29, 0.717) is 19.0 Å². The maximum atomic E-state index is 12.1. The molecule has 88 valence electrons. The topological polar surface area (TPSA) is 71.1 Å².